The van der Waals surface area contributed by atoms with E-state index in [1.165, 1.54) is 19.4 Å². The van der Waals surface area contributed by atoms with Crippen molar-refractivity contribution in [1.29, 1.82) is 0 Å². The summed E-state index contributed by atoms with van der Waals surface area (Å²) in [7, 11) is 1.49. The van der Waals surface area contributed by atoms with Gasteiger partial charge in [-0.3, -0.25) is 10.1 Å². The number of ether oxygens (including phenoxy) is 1. The average Bonchev–Trinajstić information content (AvgIpc) is 3.41. The van der Waals surface area contributed by atoms with Crippen LogP contribution in [-0.2, 0) is 5.54 Å². The van der Waals surface area contributed by atoms with Crippen LogP contribution >= 0.6 is 0 Å². The van der Waals surface area contributed by atoms with Gasteiger partial charge in [0.1, 0.15) is 17.1 Å². The lowest BCUT2D eigenvalue weighted by atomic mass is 9.77. The summed E-state index contributed by atoms with van der Waals surface area (Å²) in [5.41, 5.74) is 7.56. The highest BCUT2D eigenvalue weighted by atomic mass is 19.1. The zero-order valence-corrected chi connectivity index (χ0v) is 20.9. The maximum atomic E-state index is 14.6. The van der Waals surface area contributed by atoms with Crippen molar-refractivity contribution in [1.82, 2.24) is 10.3 Å². The molecule has 1 saturated carbocycles. The van der Waals surface area contributed by atoms with Crippen molar-refractivity contribution in [3.05, 3.63) is 70.5 Å². The van der Waals surface area contributed by atoms with Crippen LogP contribution in [0.5, 0.6) is 5.75 Å². The Kier molecular flexibility index (Phi) is 7.12. The molecule has 1 saturated heterocycles. The van der Waals surface area contributed by atoms with Crippen molar-refractivity contribution in [2.75, 3.05) is 25.1 Å². The van der Waals surface area contributed by atoms with Gasteiger partial charge in [-0.15, -0.1) is 0 Å². The lowest BCUT2D eigenvalue weighted by Gasteiger charge is -2.43. The van der Waals surface area contributed by atoms with Crippen molar-refractivity contribution in [3.8, 4) is 17.1 Å². The zero-order valence-electron chi connectivity index (χ0n) is 20.9. The lowest BCUT2D eigenvalue weighted by molar-refractivity contribution is -0.384. The molecule has 2 aliphatic rings. The normalized spacial score (nSPS) is 24.1. The van der Waals surface area contributed by atoms with E-state index in [4.69, 9.17) is 14.9 Å². The van der Waals surface area contributed by atoms with E-state index in [9.17, 15) is 14.5 Å². The van der Waals surface area contributed by atoms with Gasteiger partial charge in [0.05, 0.1) is 23.8 Å². The quantitative estimate of drug-likeness (QED) is 0.346. The molecule has 1 aliphatic heterocycles. The van der Waals surface area contributed by atoms with E-state index in [1.54, 1.807) is 36.4 Å². The predicted molar refractivity (Wildman–Crippen MR) is 138 cm³/mol. The summed E-state index contributed by atoms with van der Waals surface area (Å²) in [5, 5.41) is 14.8. The van der Waals surface area contributed by atoms with Crippen LogP contribution in [0, 0.1) is 15.9 Å². The smallest absolute Gasteiger partial charge is 0.269 e. The predicted octanol–water partition coefficient (Wildman–Crippen LogP) is 4.75. The van der Waals surface area contributed by atoms with Gasteiger partial charge in [-0.25, -0.2) is 9.37 Å². The molecule has 3 N–H and O–H groups in total. The molecule has 0 amide bonds. The SMILES string of the molecule is COc1ccc(-c2cnc(C3(N)CCCCC3N[C@H]3CCCN(c4ccc([N+](=O)[O-])cc4)C3)o2)c(F)c1. The van der Waals surface area contributed by atoms with Gasteiger partial charge in [0, 0.05) is 49.1 Å². The number of nitro benzene ring substituents is 1. The first-order chi connectivity index (χ1) is 17.9. The topological polar surface area (TPSA) is 120 Å². The molecular formula is C27H32FN5O4. The van der Waals surface area contributed by atoms with Gasteiger partial charge in [-0.1, -0.05) is 12.8 Å². The van der Waals surface area contributed by atoms with Crippen molar-refractivity contribution >= 4 is 11.4 Å². The van der Waals surface area contributed by atoms with E-state index in [2.05, 4.69) is 15.2 Å². The van der Waals surface area contributed by atoms with Crippen molar-refractivity contribution in [3.63, 3.8) is 0 Å². The minimum Gasteiger partial charge on any atom is -0.497 e. The van der Waals surface area contributed by atoms with Crippen LogP contribution in [0.3, 0.4) is 0 Å². The number of nitrogens with two attached hydrogens (primary N) is 1. The minimum absolute atomic E-state index is 0.0460. The molecule has 0 bridgehead atoms. The number of halogens is 1. The largest absolute Gasteiger partial charge is 0.497 e. The molecule has 1 aromatic heterocycles. The fourth-order valence-corrected chi connectivity index (χ4v) is 5.54. The summed E-state index contributed by atoms with van der Waals surface area (Å²) in [4.78, 5) is 17.4. The number of methoxy groups -OCH3 is 1. The highest BCUT2D eigenvalue weighted by Crippen LogP contribution is 2.38. The third-order valence-corrected chi connectivity index (χ3v) is 7.58. The van der Waals surface area contributed by atoms with Gasteiger partial charge >= 0.3 is 0 Å². The third-order valence-electron chi connectivity index (χ3n) is 7.58. The monoisotopic (exact) mass is 509 g/mol. The highest BCUT2D eigenvalue weighted by Gasteiger charge is 2.44. The molecule has 2 fully saturated rings. The summed E-state index contributed by atoms with van der Waals surface area (Å²) in [6.45, 7) is 1.67. The molecule has 0 radical (unpaired) electrons. The molecular weight excluding hydrogens is 477 g/mol. The van der Waals surface area contributed by atoms with Crippen LogP contribution in [0.2, 0.25) is 0 Å². The van der Waals surface area contributed by atoms with Gasteiger partial charge < -0.3 is 25.1 Å². The van der Waals surface area contributed by atoms with E-state index >= 15 is 0 Å². The summed E-state index contributed by atoms with van der Waals surface area (Å²) >= 11 is 0. The molecule has 2 aromatic carbocycles. The number of hydrogen-bond donors (Lipinski definition) is 2. The first-order valence-corrected chi connectivity index (χ1v) is 12.7. The second-order valence-electron chi connectivity index (χ2n) is 9.94. The first kappa shape index (κ1) is 25.2. The van der Waals surface area contributed by atoms with Gasteiger partial charge in [-0.05, 0) is 49.9 Å². The number of anilines is 1. The first-order valence-electron chi connectivity index (χ1n) is 12.7. The minimum atomic E-state index is -0.810. The Morgan fingerprint density at radius 3 is 2.76 bits per heavy atom. The van der Waals surface area contributed by atoms with E-state index in [0.29, 0.717) is 29.4 Å². The summed E-state index contributed by atoms with van der Waals surface area (Å²) < 4.78 is 25.8. The summed E-state index contributed by atoms with van der Waals surface area (Å²) in [6, 6.07) is 11.5. The van der Waals surface area contributed by atoms with Crippen LogP contribution in [0.15, 0.2) is 53.1 Å². The standard InChI is InChI=1S/C27H32FN5O4/c1-36-21-11-12-22(23(28)15-21)24-16-30-26(37-24)27(29)13-3-2-6-25(27)31-18-5-4-14-32(17-18)19-7-9-20(10-8-19)33(34)35/h7-12,15-16,18,25,31H,2-6,13-14,17,29H2,1H3/t18-,25?,27?/m0/s1. The van der Waals surface area contributed by atoms with Gasteiger partial charge in [0.25, 0.3) is 5.69 Å². The molecule has 2 heterocycles. The molecule has 9 nitrogen and oxygen atoms in total. The van der Waals surface area contributed by atoms with E-state index in [1.807, 2.05) is 0 Å². The Hall–Kier alpha value is -3.50. The van der Waals surface area contributed by atoms with Crippen LogP contribution in [0.1, 0.15) is 44.4 Å². The van der Waals surface area contributed by atoms with E-state index in [0.717, 1.165) is 50.9 Å². The fourth-order valence-electron chi connectivity index (χ4n) is 5.54. The fraction of sp³-hybridized carbons (Fsp3) is 0.444. The third kappa shape index (κ3) is 5.17. The molecule has 2 unspecified atom stereocenters. The van der Waals surface area contributed by atoms with Crippen LogP contribution in [0.4, 0.5) is 15.8 Å². The Morgan fingerprint density at radius 1 is 1.22 bits per heavy atom. The van der Waals surface area contributed by atoms with Crippen molar-refractivity contribution in [2.45, 2.75) is 56.1 Å². The van der Waals surface area contributed by atoms with Crippen LogP contribution in [0.25, 0.3) is 11.3 Å². The van der Waals surface area contributed by atoms with Gasteiger partial charge in [-0.2, -0.15) is 0 Å². The van der Waals surface area contributed by atoms with Crippen molar-refractivity contribution in [2.24, 2.45) is 5.73 Å². The van der Waals surface area contributed by atoms with Crippen LogP contribution < -0.4 is 20.7 Å². The summed E-state index contributed by atoms with van der Waals surface area (Å²) in [6.07, 6.45) is 7.16. The molecule has 3 aromatic rings. The molecule has 1 aliphatic carbocycles. The number of hydrogen-bond acceptors (Lipinski definition) is 8. The number of aromatic nitrogens is 1. The Labute approximate surface area is 215 Å². The molecule has 5 rings (SSSR count). The number of piperidine rings is 1. The molecule has 37 heavy (non-hydrogen) atoms. The molecule has 10 heteroatoms. The number of oxazole rings is 1. The Morgan fingerprint density at radius 2 is 2.03 bits per heavy atom. The van der Waals surface area contributed by atoms with Crippen molar-refractivity contribution < 1.29 is 18.5 Å². The maximum absolute atomic E-state index is 14.6. The Bertz CT molecular complexity index is 1250. The summed E-state index contributed by atoms with van der Waals surface area (Å²) in [5.74, 6) is 0.743. The number of nitrogens with zero attached hydrogens (tertiary/aromatic N) is 3. The van der Waals surface area contributed by atoms with Gasteiger partial charge in [0.2, 0.25) is 5.89 Å². The zero-order chi connectivity index (χ0) is 26.0. The Balaban J connectivity index is 1.32. The number of benzene rings is 2. The number of nitro groups is 1. The van der Waals surface area contributed by atoms with E-state index < -0.39 is 11.4 Å². The average molecular weight is 510 g/mol. The molecule has 0 spiro atoms. The second-order valence-corrected chi connectivity index (χ2v) is 9.94. The number of non-ortho nitro benzene ring substituents is 1. The second kappa shape index (κ2) is 10.5. The van der Waals surface area contributed by atoms with Crippen LogP contribution in [-0.4, -0.2) is 42.2 Å². The maximum Gasteiger partial charge on any atom is 0.269 e. The lowest BCUT2D eigenvalue weighted by Crippen LogP contribution is -2.61. The molecule has 196 valence electrons. The van der Waals surface area contributed by atoms with Gasteiger partial charge in [0.15, 0.2) is 5.76 Å². The highest BCUT2D eigenvalue weighted by molar-refractivity contribution is 5.59. The number of rotatable bonds is 7. The molecule has 3 atom stereocenters. The number of nitrogens with one attached hydrogen (secondary N) is 1. The van der Waals surface area contributed by atoms with E-state index in [-0.39, 0.29) is 22.7 Å².